The van der Waals surface area contributed by atoms with E-state index < -0.39 is 0 Å². The van der Waals surface area contributed by atoms with E-state index in [1.54, 1.807) is 0 Å². The van der Waals surface area contributed by atoms with Gasteiger partial charge in [0.15, 0.2) is 0 Å². The zero-order chi connectivity index (χ0) is 16.3. The maximum Gasteiger partial charge on any atom is 0.0185 e. The molecule has 0 aliphatic carbocycles. The van der Waals surface area contributed by atoms with E-state index in [0.717, 1.165) is 25.4 Å². The molecule has 0 aromatic heterocycles. The molecule has 0 bridgehead atoms. The fourth-order valence-corrected chi connectivity index (χ4v) is 3.24. The van der Waals surface area contributed by atoms with Crippen molar-refractivity contribution in [3.8, 4) is 0 Å². The molecule has 0 fully saturated rings. The molecule has 0 aliphatic heterocycles. The van der Waals surface area contributed by atoms with Crippen molar-refractivity contribution in [2.24, 2.45) is 0 Å². The molecule has 0 radical (unpaired) electrons. The Morgan fingerprint density at radius 2 is 1.77 bits per heavy atom. The van der Waals surface area contributed by atoms with Gasteiger partial charge in [-0.25, -0.2) is 0 Å². The standard InChI is InChI=1S/C19H34N2S/c1-5-6-14-21(19(2,3)4)15-12-20-13-16-22-17-18-10-8-7-9-11-18/h7-11,20H,5-6,12-17H2,1-4H3. The van der Waals surface area contributed by atoms with Crippen molar-refractivity contribution in [1.29, 1.82) is 0 Å². The predicted octanol–water partition coefficient (Wildman–Crippen LogP) is 4.41. The molecular weight excluding hydrogens is 288 g/mol. The zero-order valence-corrected chi connectivity index (χ0v) is 15.7. The molecule has 0 saturated heterocycles. The van der Waals surface area contributed by atoms with Gasteiger partial charge in [-0.2, -0.15) is 11.8 Å². The number of nitrogens with one attached hydrogen (secondary N) is 1. The smallest absolute Gasteiger partial charge is 0.0185 e. The molecule has 0 heterocycles. The molecule has 1 rings (SSSR count). The number of nitrogens with zero attached hydrogens (tertiary/aromatic N) is 1. The van der Waals surface area contributed by atoms with Crippen LogP contribution in [0.2, 0.25) is 0 Å². The quantitative estimate of drug-likeness (QED) is 0.608. The van der Waals surface area contributed by atoms with Gasteiger partial charge in [0.1, 0.15) is 0 Å². The molecule has 22 heavy (non-hydrogen) atoms. The average molecular weight is 323 g/mol. The van der Waals surface area contributed by atoms with Gasteiger partial charge in [0, 0.05) is 36.7 Å². The Hall–Kier alpha value is -0.510. The van der Waals surface area contributed by atoms with Crippen molar-refractivity contribution in [2.75, 3.05) is 31.9 Å². The normalized spacial score (nSPS) is 12.0. The highest BCUT2D eigenvalue weighted by Gasteiger charge is 2.19. The van der Waals surface area contributed by atoms with Crippen LogP contribution in [0.1, 0.15) is 46.1 Å². The molecule has 126 valence electrons. The molecule has 0 atom stereocenters. The Balaban J connectivity index is 2.08. The molecule has 1 aromatic rings. The van der Waals surface area contributed by atoms with Crippen LogP contribution in [-0.4, -0.2) is 42.4 Å². The van der Waals surface area contributed by atoms with Crippen LogP contribution in [0.5, 0.6) is 0 Å². The Morgan fingerprint density at radius 1 is 1.05 bits per heavy atom. The second-order valence-electron chi connectivity index (χ2n) is 6.80. The number of thioether (sulfide) groups is 1. The summed E-state index contributed by atoms with van der Waals surface area (Å²) < 4.78 is 0. The lowest BCUT2D eigenvalue weighted by molar-refractivity contribution is 0.135. The third-order valence-electron chi connectivity index (χ3n) is 3.82. The summed E-state index contributed by atoms with van der Waals surface area (Å²) in [5, 5.41) is 3.59. The number of rotatable bonds is 11. The van der Waals surface area contributed by atoms with E-state index in [2.05, 4.69) is 68.2 Å². The molecule has 0 spiro atoms. The summed E-state index contributed by atoms with van der Waals surface area (Å²) in [6, 6.07) is 10.7. The van der Waals surface area contributed by atoms with Crippen molar-refractivity contribution in [3.63, 3.8) is 0 Å². The highest BCUT2D eigenvalue weighted by atomic mass is 32.2. The first-order valence-corrected chi connectivity index (χ1v) is 9.77. The second-order valence-corrected chi connectivity index (χ2v) is 7.90. The summed E-state index contributed by atoms with van der Waals surface area (Å²) in [6.45, 7) is 13.8. The van der Waals surface area contributed by atoms with Crippen LogP contribution in [0.25, 0.3) is 0 Å². The summed E-state index contributed by atoms with van der Waals surface area (Å²) in [6.07, 6.45) is 2.57. The molecule has 3 heteroatoms. The van der Waals surface area contributed by atoms with Gasteiger partial charge in [0.2, 0.25) is 0 Å². The monoisotopic (exact) mass is 322 g/mol. The van der Waals surface area contributed by atoms with Gasteiger partial charge in [0.25, 0.3) is 0 Å². The molecule has 1 aromatic carbocycles. The second kappa shape index (κ2) is 11.1. The molecular formula is C19H34N2S. The summed E-state index contributed by atoms with van der Waals surface area (Å²) in [4.78, 5) is 2.60. The maximum atomic E-state index is 3.59. The zero-order valence-electron chi connectivity index (χ0n) is 14.9. The third kappa shape index (κ3) is 8.82. The van der Waals surface area contributed by atoms with Crippen LogP contribution in [0, 0.1) is 0 Å². The lowest BCUT2D eigenvalue weighted by Gasteiger charge is -2.35. The predicted molar refractivity (Wildman–Crippen MR) is 102 cm³/mol. The minimum absolute atomic E-state index is 0.277. The largest absolute Gasteiger partial charge is 0.315 e. The first-order valence-electron chi connectivity index (χ1n) is 8.61. The van der Waals surface area contributed by atoms with Crippen molar-refractivity contribution in [1.82, 2.24) is 10.2 Å². The summed E-state index contributed by atoms with van der Waals surface area (Å²) in [7, 11) is 0. The van der Waals surface area contributed by atoms with Gasteiger partial charge >= 0.3 is 0 Å². The van der Waals surface area contributed by atoms with Crippen LogP contribution in [0.15, 0.2) is 30.3 Å². The topological polar surface area (TPSA) is 15.3 Å². The van der Waals surface area contributed by atoms with Crippen molar-refractivity contribution < 1.29 is 0 Å². The van der Waals surface area contributed by atoms with Gasteiger partial charge in [-0.05, 0) is 39.3 Å². The lowest BCUT2D eigenvalue weighted by atomic mass is 10.1. The Morgan fingerprint density at radius 3 is 2.41 bits per heavy atom. The van der Waals surface area contributed by atoms with Gasteiger partial charge in [0.05, 0.1) is 0 Å². The molecule has 1 N–H and O–H groups in total. The fraction of sp³-hybridized carbons (Fsp3) is 0.684. The van der Waals surface area contributed by atoms with E-state index >= 15 is 0 Å². The van der Waals surface area contributed by atoms with Gasteiger partial charge in [-0.15, -0.1) is 0 Å². The number of benzene rings is 1. The van der Waals surface area contributed by atoms with Crippen LogP contribution in [0.4, 0.5) is 0 Å². The SMILES string of the molecule is CCCCN(CCNCCSCc1ccccc1)C(C)(C)C. The third-order valence-corrected chi connectivity index (χ3v) is 4.85. The van der Waals surface area contributed by atoms with Gasteiger partial charge < -0.3 is 5.32 Å². The van der Waals surface area contributed by atoms with E-state index in [4.69, 9.17) is 0 Å². The van der Waals surface area contributed by atoms with Crippen molar-refractivity contribution in [2.45, 2.75) is 51.8 Å². The van der Waals surface area contributed by atoms with Crippen molar-refractivity contribution in [3.05, 3.63) is 35.9 Å². The molecule has 0 amide bonds. The van der Waals surface area contributed by atoms with E-state index in [1.165, 1.54) is 30.7 Å². The highest BCUT2D eigenvalue weighted by molar-refractivity contribution is 7.98. The Labute approximate surface area is 142 Å². The molecule has 2 nitrogen and oxygen atoms in total. The summed E-state index contributed by atoms with van der Waals surface area (Å²) in [5.41, 5.74) is 1.70. The molecule has 0 saturated carbocycles. The minimum atomic E-state index is 0.277. The van der Waals surface area contributed by atoms with E-state index in [9.17, 15) is 0 Å². The van der Waals surface area contributed by atoms with Crippen LogP contribution in [-0.2, 0) is 5.75 Å². The van der Waals surface area contributed by atoms with Crippen LogP contribution < -0.4 is 5.32 Å². The average Bonchev–Trinajstić information content (AvgIpc) is 2.49. The Bertz CT molecular complexity index is 373. The fourth-order valence-electron chi connectivity index (χ4n) is 2.38. The van der Waals surface area contributed by atoms with E-state index in [-0.39, 0.29) is 5.54 Å². The first-order chi connectivity index (χ1) is 10.5. The maximum absolute atomic E-state index is 3.59. The minimum Gasteiger partial charge on any atom is -0.315 e. The van der Waals surface area contributed by atoms with E-state index in [1.807, 2.05) is 11.8 Å². The molecule has 0 unspecified atom stereocenters. The number of hydrogen-bond donors (Lipinski definition) is 1. The number of hydrogen-bond acceptors (Lipinski definition) is 3. The van der Waals surface area contributed by atoms with Crippen molar-refractivity contribution >= 4 is 11.8 Å². The van der Waals surface area contributed by atoms with E-state index in [0.29, 0.717) is 0 Å². The molecule has 0 aliphatic rings. The summed E-state index contributed by atoms with van der Waals surface area (Å²) in [5.74, 6) is 2.30. The van der Waals surface area contributed by atoms with Gasteiger partial charge in [-0.1, -0.05) is 43.7 Å². The number of unbranched alkanes of at least 4 members (excludes halogenated alkanes) is 1. The van der Waals surface area contributed by atoms with Crippen LogP contribution in [0.3, 0.4) is 0 Å². The van der Waals surface area contributed by atoms with Gasteiger partial charge in [-0.3, -0.25) is 4.90 Å². The first kappa shape index (κ1) is 19.5. The summed E-state index contributed by atoms with van der Waals surface area (Å²) >= 11 is 2.01. The highest BCUT2D eigenvalue weighted by Crippen LogP contribution is 2.13. The Kier molecular flexibility index (Phi) is 9.85. The lowest BCUT2D eigenvalue weighted by Crippen LogP contribution is -2.45. The van der Waals surface area contributed by atoms with Crippen LogP contribution >= 0.6 is 11.8 Å².